The number of urea groups is 1. The number of amidine groups is 1. The van der Waals surface area contributed by atoms with Crippen LogP contribution in [-0.2, 0) is 4.79 Å². The van der Waals surface area contributed by atoms with E-state index in [1.54, 1.807) is 13.3 Å². The number of hydrazone groups is 1. The Morgan fingerprint density at radius 1 is 1.23 bits per heavy atom. The van der Waals surface area contributed by atoms with Crippen LogP contribution in [0, 0.1) is 5.92 Å². The second kappa shape index (κ2) is 9.06. The molecule has 30 heavy (non-hydrogen) atoms. The van der Waals surface area contributed by atoms with E-state index in [1.165, 1.54) is 11.9 Å². The van der Waals surface area contributed by atoms with E-state index < -0.39 is 12.1 Å². The highest BCUT2D eigenvalue weighted by Crippen LogP contribution is 2.19. The molecule has 1 atom stereocenters. The Kier molecular flexibility index (Phi) is 6.49. The molecule has 1 N–H and O–H groups in total. The van der Waals surface area contributed by atoms with Crippen LogP contribution < -0.4 is 10.2 Å². The molecule has 3 amide bonds. The largest absolute Gasteiger partial charge is 0.494 e. The zero-order valence-corrected chi connectivity index (χ0v) is 18.1. The molecule has 1 aromatic carbocycles. The molecule has 0 radical (unpaired) electrons. The number of guanidine groups is 1. The number of likely N-dealkylation sites (N-methyl/N-ethyl adjacent to an activating group) is 2. The van der Waals surface area contributed by atoms with Crippen molar-refractivity contribution in [3.05, 3.63) is 29.8 Å². The van der Waals surface area contributed by atoms with Crippen molar-refractivity contribution in [1.82, 2.24) is 15.2 Å². The van der Waals surface area contributed by atoms with Gasteiger partial charge in [-0.3, -0.25) is 14.6 Å². The molecule has 2 heterocycles. The lowest BCUT2D eigenvalue weighted by molar-refractivity contribution is -0.538. The average molecular weight is 414 g/mol. The monoisotopic (exact) mass is 413 g/mol. The molecule has 1 aromatic rings. The summed E-state index contributed by atoms with van der Waals surface area (Å²) >= 11 is 0. The van der Waals surface area contributed by atoms with Crippen molar-refractivity contribution in [3.63, 3.8) is 0 Å². The van der Waals surface area contributed by atoms with Crippen LogP contribution in [0.3, 0.4) is 0 Å². The van der Waals surface area contributed by atoms with Crippen molar-refractivity contribution >= 4 is 29.9 Å². The highest BCUT2D eigenvalue weighted by molar-refractivity contribution is 6.22. The molecule has 0 saturated carbocycles. The van der Waals surface area contributed by atoms with Gasteiger partial charge in [-0.1, -0.05) is 18.8 Å². The Balaban J connectivity index is 1.82. The predicted octanol–water partition coefficient (Wildman–Crippen LogP) is 1.73. The Morgan fingerprint density at radius 2 is 1.93 bits per heavy atom. The summed E-state index contributed by atoms with van der Waals surface area (Å²) in [5.74, 6) is 1.86. The number of ether oxygens (including phenoxy) is 1. The lowest BCUT2D eigenvalue weighted by Gasteiger charge is -2.31. The summed E-state index contributed by atoms with van der Waals surface area (Å²) < 4.78 is 7.32. The fourth-order valence-corrected chi connectivity index (χ4v) is 3.30. The first-order chi connectivity index (χ1) is 14.3. The first-order valence-electron chi connectivity index (χ1n) is 10.1. The quantitative estimate of drug-likeness (QED) is 0.419. The van der Waals surface area contributed by atoms with Gasteiger partial charge in [-0.15, -0.1) is 5.10 Å². The van der Waals surface area contributed by atoms with Crippen LogP contribution in [0.4, 0.5) is 4.79 Å². The number of fused-ring (bicyclic) bond motifs is 1. The third-order valence-electron chi connectivity index (χ3n) is 5.05. The first kappa shape index (κ1) is 21.5. The van der Waals surface area contributed by atoms with Gasteiger partial charge in [0.05, 0.1) is 19.4 Å². The molecule has 0 aliphatic carbocycles. The highest BCUT2D eigenvalue weighted by atomic mass is 16.5. The number of nitrogens with one attached hydrogen (secondary N) is 1. The minimum atomic E-state index is -0.625. The van der Waals surface area contributed by atoms with Crippen LogP contribution in [-0.4, -0.2) is 77.6 Å². The molecule has 1 unspecified atom stereocenters. The number of nitrogens with zero attached hydrogens (tertiary/aromatic N) is 5. The van der Waals surface area contributed by atoms with Crippen molar-refractivity contribution in [2.75, 3.05) is 27.2 Å². The van der Waals surface area contributed by atoms with Gasteiger partial charge in [0.15, 0.2) is 0 Å². The maximum atomic E-state index is 12.8. The molecule has 160 valence electrons. The lowest BCUT2D eigenvalue weighted by Crippen LogP contribution is -2.61. The molecule has 0 bridgehead atoms. The summed E-state index contributed by atoms with van der Waals surface area (Å²) in [6.07, 6.45) is 2.55. The van der Waals surface area contributed by atoms with Gasteiger partial charge in [0, 0.05) is 14.1 Å². The van der Waals surface area contributed by atoms with E-state index >= 15 is 0 Å². The highest BCUT2D eigenvalue weighted by Gasteiger charge is 2.51. The van der Waals surface area contributed by atoms with Crippen molar-refractivity contribution in [2.45, 2.75) is 33.2 Å². The van der Waals surface area contributed by atoms with Gasteiger partial charge in [0.1, 0.15) is 5.75 Å². The van der Waals surface area contributed by atoms with Gasteiger partial charge in [0.25, 0.3) is 5.91 Å². The summed E-state index contributed by atoms with van der Waals surface area (Å²) in [5, 5.41) is 4.29. The molecule has 1 fully saturated rings. The number of carbonyl (C=O) groups is 2. The van der Waals surface area contributed by atoms with E-state index in [4.69, 9.17) is 4.74 Å². The van der Waals surface area contributed by atoms with E-state index in [0.717, 1.165) is 22.6 Å². The Morgan fingerprint density at radius 3 is 2.57 bits per heavy atom. The van der Waals surface area contributed by atoms with Gasteiger partial charge >= 0.3 is 12.0 Å². The number of carbonyl (C=O) groups excluding carboxylic acids is 2. The molecule has 2 aliphatic rings. The van der Waals surface area contributed by atoms with Crippen molar-refractivity contribution in [2.24, 2.45) is 16.0 Å². The minimum absolute atomic E-state index is 0.284. The number of aliphatic imine (C=N–C) groups is 1. The average Bonchev–Trinajstić information content (AvgIpc) is 3.09. The van der Waals surface area contributed by atoms with E-state index in [2.05, 4.69) is 29.4 Å². The molecule has 0 aromatic heterocycles. The van der Waals surface area contributed by atoms with Gasteiger partial charge in [0.2, 0.25) is 11.9 Å². The number of hydrogen-bond donors (Lipinski definition) is 1. The number of imide groups is 1. The molecule has 1 saturated heterocycles. The van der Waals surface area contributed by atoms with Crippen LogP contribution in [0.15, 0.2) is 34.4 Å². The van der Waals surface area contributed by atoms with Gasteiger partial charge in [-0.05, 0) is 49.1 Å². The van der Waals surface area contributed by atoms with Crippen LogP contribution in [0.1, 0.15) is 32.8 Å². The van der Waals surface area contributed by atoms with E-state index in [0.29, 0.717) is 30.9 Å². The molecule has 9 heteroatoms. The van der Waals surface area contributed by atoms with Crippen LogP contribution in [0.25, 0.3) is 0 Å². The summed E-state index contributed by atoms with van der Waals surface area (Å²) in [6, 6.07) is 6.56. The molecule has 9 nitrogen and oxygen atoms in total. The number of amides is 3. The zero-order chi connectivity index (χ0) is 21.8. The van der Waals surface area contributed by atoms with E-state index in [-0.39, 0.29) is 5.91 Å². The lowest BCUT2D eigenvalue weighted by atomic mass is 10.1. The Labute approximate surface area is 176 Å². The normalized spacial score (nSPS) is 19.1. The molecule has 3 rings (SSSR count). The van der Waals surface area contributed by atoms with Crippen LogP contribution in [0.2, 0.25) is 0 Å². The molecular formula is C21H29N6O3+. The SMILES string of the molecule is CCOc1ccc(/C=N/NC2=[N+](CCC(C)C)C3C(=O)N(C)C(=O)N(C)C3=N2)cc1. The summed E-state index contributed by atoms with van der Waals surface area (Å²) in [5.41, 5.74) is 3.85. The number of hydrogen-bond acceptors (Lipinski definition) is 6. The number of rotatable bonds is 7. The number of benzene rings is 1. The van der Waals surface area contributed by atoms with E-state index in [1.807, 2.05) is 35.8 Å². The predicted molar refractivity (Wildman–Crippen MR) is 115 cm³/mol. The second-order valence-electron chi connectivity index (χ2n) is 7.68. The molecular weight excluding hydrogens is 384 g/mol. The topological polar surface area (TPSA) is 89.6 Å². The van der Waals surface area contributed by atoms with E-state index in [9.17, 15) is 9.59 Å². The van der Waals surface area contributed by atoms with Gasteiger partial charge < -0.3 is 4.74 Å². The van der Waals surface area contributed by atoms with Crippen molar-refractivity contribution < 1.29 is 18.9 Å². The second-order valence-corrected chi connectivity index (χ2v) is 7.68. The Hall–Kier alpha value is -3.23. The summed E-state index contributed by atoms with van der Waals surface area (Å²) in [7, 11) is 3.12. The minimum Gasteiger partial charge on any atom is -0.494 e. The molecule has 2 aliphatic heterocycles. The van der Waals surface area contributed by atoms with Crippen molar-refractivity contribution in [3.8, 4) is 5.75 Å². The Bertz CT molecular complexity index is 904. The van der Waals surface area contributed by atoms with Gasteiger partial charge in [-0.2, -0.15) is 5.43 Å². The maximum Gasteiger partial charge on any atom is 0.413 e. The third kappa shape index (κ3) is 4.34. The maximum absolute atomic E-state index is 12.8. The van der Waals surface area contributed by atoms with Crippen LogP contribution in [0.5, 0.6) is 5.75 Å². The van der Waals surface area contributed by atoms with Crippen molar-refractivity contribution in [1.29, 1.82) is 0 Å². The third-order valence-corrected chi connectivity index (χ3v) is 5.05. The fraction of sp³-hybridized carbons (Fsp3) is 0.476. The fourth-order valence-electron chi connectivity index (χ4n) is 3.30. The summed E-state index contributed by atoms with van der Waals surface area (Å²) in [6.45, 7) is 7.43. The smallest absolute Gasteiger partial charge is 0.413 e. The zero-order valence-electron chi connectivity index (χ0n) is 18.1. The van der Waals surface area contributed by atoms with Crippen LogP contribution >= 0.6 is 0 Å². The first-order valence-corrected chi connectivity index (χ1v) is 10.1. The van der Waals surface area contributed by atoms with Gasteiger partial charge in [-0.25, -0.2) is 9.37 Å². The molecule has 0 spiro atoms. The standard InChI is InChI=1S/C21H28N6O3/c1-6-30-16-9-7-15(8-10-16)13-22-24-20-23-18-17(27(20)12-11-14(2)3)19(28)26(5)21(29)25(18)4/h7-10,13-14,17H,6,11-12H2,1-5H3/p+1/b22-13+. The summed E-state index contributed by atoms with van der Waals surface area (Å²) in [4.78, 5) is 32.2.